The van der Waals surface area contributed by atoms with Gasteiger partial charge >= 0.3 is 6.03 Å². The first kappa shape index (κ1) is 14.8. The Hall–Kier alpha value is -1.30. The molecule has 1 aromatic carbocycles. The quantitative estimate of drug-likeness (QED) is 0.669. The first-order valence-corrected chi connectivity index (χ1v) is 6.02. The molecular weight excluding hydrogens is 254 g/mol. The third kappa shape index (κ3) is 4.52. The first-order valence-electron chi connectivity index (χ1n) is 5.65. The fraction of sp³-hybridized carbons (Fsp3) is 0.417. The van der Waals surface area contributed by atoms with Gasteiger partial charge in [-0.25, -0.2) is 4.79 Å². The van der Waals surface area contributed by atoms with E-state index in [0.29, 0.717) is 10.7 Å². The van der Waals surface area contributed by atoms with Gasteiger partial charge < -0.3 is 21.5 Å². The van der Waals surface area contributed by atoms with E-state index in [1.807, 2.05) is 13.0 Å². The van der Waals surface area contributed by atoms with Gasteiger partial charge in [0.15, 0.2) is 0 Å². The number of carbonyl (C=O) groups is 1. The van der Waals surface area contributed by atoms with Crippen molar-refractivity contribution in [2.75, 3.05) is 11.9 Å². The normalized spacial score (nSPS) is 13.8. The van der Waals surface area contributed by atoms with Crippen LogP contribution in [0.5, 0.6) is 0 Å². The van der Waals surface area contributed by atoms with Crippen LogP contribution in [0.4, 0.5) is 10.5 Å². The molecule has 0 saturated heterocycles. The molecule has 0 fully saturated rings. The minimum absolute atomic E-state index is 0.198. The first-order chi connectivity index (χ1) is 8.40. The maximum absolute atomic E-state index is 11.5. The monoisotopic (exact) mass is 271 g/mol. The molecule has 0 bridgehead atoms. The van der Waals surface area contributed by atoms with E-state index < -0.39 is 12.1 Å². The molecule has 2 unspecified atom stereocenters. The molecule has 18 heavy (non-hydrogen) atoms. The molecule has 2 atom stereocenters. The van der Waals surface area contributed by atoms with Crippen molar-refractivity contribution >= 4 is 23.3 Å². The lowest BCUT2D eigenvalue weighted by Gasteiger charge is -2.15. The third-order valence-electron chi connectivity index (χ3n) is 2.55. The minimum Gasteiger partial charge on any atom is -0.392 e. The molecule has 5 N–H and O–H groups in total. The Bertz CT molecular complexity index is 424. The summed E-state index contributed by atoms with van der Waals surface area (Å²) in [6.45, 7) is 3.65. The van der Waals surface area contributed by atoms with Crippen molar-refractivity contribution in [3.05, 3.63) is 28.8 Å². The van der Waals surface area contributed by atoms with E-state index >= 15 is 0 Å². The van der Waals surface area contributed by atoms with Crippen molar-refractivity contribution in [1.82, 2.24) is 5.32 Å². The molecule has 0 aliphatic rings. The zero-order chi connectivity index (χ0) is 13.7. The molecular formula is C12H18ClN3O2. The van der Waals surface area contributed by atoms with Crippen LogP contribution in [0.2, 0.25) is 5.02 Å². The lowest BCUT2D eigenvalue weighted by molar-refractivity contribution is 0.162. The highest BCUT2D eigenvalue weighted by Gasteiger charge is 2.10. The summed E-state index contributed by atoms with van der Waals surface area (Å²) in [6, 6.07) is 4.38. The number of benzene rings is 1. The lowest BCUT2D eigenvalue weighted by Crippen LogP contribution is -2.44. The van der Waals surface area contributed by atoms with Crippen LogP contribution in [0, 0.1) is 6.92 Å². The summed E-state index contributed by atoms with van der Waals surface area (Å²) in [5.41, 5.74) is 7.14. The molecule has 0 spiro atoms. The number of aliphatic hydroxyl groups is 1. The van der Waals surface area contributed by atoms with Gasteiger partial charge in [-0.05, 0) is 31.5 Å². The van der Waals surface area contributed by atoms with Crippen LogP contribution >= 0.6 is 11.6 Å². The molecule has 0 radical (unpaired) electrons. The van der Waals surface area contributed by atoms with Gasteiger partial charge in [0.2, 0.25) is 0 Å². The molecule has 6 heteroatoms. The largest absolute Gasteiger partial charge is 0.392 e. The molecule has 0 aliphatic heterocycles. The summed E-state index contributed by atoms with van der Waals surface area (Å²) in [7, 11) is 0. The number of nitrogens with one attached hydrogen (secondary N) is 2. The van der Waals surface area contributed by atoms with Crippen LogP contribution in [0.15, 0.2) is 18.2 Å². The predicted molar refractivity (Wildman–Crippen MR) is 72.9 cm³/mol. The van der Waals surface area contributed by atoms with Crippen LogP contribution in [-0.2, 0) is 0 Å². The Morgan fingerprint density at radius 1 is 1.56 bits per heavy atom. The van der Waals surface area contributed by atoms with Gasteiger partial charge in [0.25, 0.3) is 0 Å². The van der Waals surface area contributed by atoms with Crippen molar-refractivity contribution < 1.29 is 9.90 Å². The highest BCUT2D eigenvalue weighted by atomic mass is 35.5. The van der Waals surface area contributed by atoms with Crippen LogP contribution in [0.3, 0.4) is 0 Å². The summed E-state index contributed by atoms with van der Waals surface area (Å²) >= 11 is 5.94. The Labute approximate surface area is 111 Å². The predicted octanol–water partition coefficient (Wildman–Crippen LogP) is 1.48. The second-order valence-electron chi connectivity index (χ2n) is 4.20. The van der Waals surface area contributed by atoms with Crippen molar-refractivity contribution in [3.8, 4) is 0 Å². The Kier molecular flexibility index (Phi) is 5.40. The standard InChI is InChI=1S/C12H18ClN3O2/c1-7-3-4-9(5-10(7)13)16-12(18)15-6-11(14)8(2)17/h3-5,8,11,17H,6,14H2,1-2H3,(H2,15,16,18). The summed E-state index contributed by atoms with van der Waals surface area (Å²) in [5.74, 6) is 0. The van der Waals surface area contributed by atoms with E-state index in [-0.39, 0.29) is 12.6 Å². The molecule has 0 saturated carbocycles. The SMILES string of the molecule is Cc1ccc(NC(=O)NCC(N)C(C)O)cc1Cl. The molecule has 2 amide bonds. The smallest absolute Gasteiger partial charge is 0.319 e. The van der Waals surface area contributed by atoms with E-state index in [9.17, 15) is 9.90 Å². The second-order valence-corrected chi connectivity index (χ2v) is 4.61. The topological polar surface area (TPSA) is 87.4 Å². The van der Waals surface area contributed by atoms with Crippen LogP contribution in [-0.4, -0.2) is 29.8 Å². The Balaban J connectivity index is 2.47. The summed E-state index contributed by atoms with van der Waals surface area (Å²) < 4.78 is 0. The zero-order valence-corrected chi connectivity index (χ0v) is 11.2. The van der Waals surface area contributed by atoms with E-state index in [1.54, 1.807) is 19.1 Å². The van der Waals surface area contributed by atoms with E-state index in [0.717, 1.165) is 5.56 Å². The maximum atomic E-state index is 11.5. The zero-order valence-electron chi connectivity index (χ0n) is 10.4. The van der Waals surface area contributed by atoms with Crippen molar-refractivity contribution in [2.45, 2.75) is 26.0 Å². The van der Waals surface area contributed by atoms with Crippen molar-refractivity contribution in [2.24, 2.45) is 5.73 Å². The number of hydrogen-bond acceptors (Lipinski definition) is 3. The average molecular weight is 272 g/mol. The molecule has 0 heterocycles. The van der Waals surface area contributed by atoms with Crippen molar-refractivity contribution in [3.63, 3.8) is 0 Å². The molecule has 5 nitrogen and oxygen atoms in total. The minimum atomic E-state index is -0.667. The van der Waals surface area contributed by atoms with Crippen LogP contribution in [0.1, 0.15) is 12.5 Å². The number of aryl methyl sites for hydroxylation is 1. The number of nitrogens with two attached hydrogens (primary N) is 1. The number of rotatable bonds is 4. The van der Waals surface area contributed by atoms with E-state index in [4.69, 9.17) is 17.3 Å². The summed E-state index contributed by atoms with van der Waals surface area (Å²) in [5, 5.41) is 15.0. The fourth-order valence-electron chi connectivity index (χ4n) is 1.23. The van der Waals surface area contributed by atoms with Gasteiger partial charge in [-0.1, -0.05) is 17.7 Å². The molecule has 100 valence electrons. The number of halogens is 1. The lowest BCUT2D eigenvalue weighted by atomic mass is 10.2. The van der Waals surface area contributed by atoms with Crippen LogP contribution < -0.4 is 16.4 Å². The van der Waals surface area contributed by atoms with Crippen molar-refractivity contribution in [1.29, 1.82) is 0 Å². The van der Waals surface area contributed by atoms with E-state index in [2.05, 4.69) is 10.6 Å². The number of urea groups is 1. The van der Waals surface area contributed by atoms with Gasteiger partial charge in [-0.15, -0.1) is 0 Å². The van der Waals surface area contributed by atoms with Gasteiger partial charge in [0.1, 0.15) is 0 Å². The molecule has 0 aromatic heterocycles. The highest BCUT2D eigenvalue weighted by Crippen LogP contribution is 2.19. The molecule has 1 rings (SSSR count). The summed E-state index contributed by atoms with van der Waals surface area (Å²) in [6.07, 6.45) is -0.667. The van der Waals surface area contributed by atoms with E-state index in [1.165, 1.54) is 0 Å². The average Bonchev–Trinajstić information content (AvgIpc) is 2.30. The fourth-order valence-corrected chi connectivity index (χ4v) is 1.41. The maximum Gasteiger partial charge on any atom is 0.319 e. The van der Waals surface area contributed by atoms with Gasteiger partial charge in [0.05, 0.1) is 6.10 Å². The van der Waals surface area contributed by atoms with Gasteiger partial charge in [-0.3, -0.25) is 0 Å². The third-order valence-corrected chi connectivity index (χ3v) is 2.95. The Morgan fingerprint density at radius 3 is 2.78 bits per heavy atom. The summed E-state index contributed by atoms with van der Waals surface area (Å²) in [4.78, 5) is 11.5. The number of carbonyl (C=O) groups excluding carboxylic acids is 1. The molecule has 1 aromatic rings. The second kappa shape index (κ2) is 6.58. The van der Waals surface area contributed by atoms with Gasteiger partial charge in [-0.2, -0.15) is 0 Å². The van der Waals surface area contributed by atoms with Gasteiger partial charge in [0, 0.05) is 23.3 Å². The molecule has 0 aliphatic carbocycles. The number of hydrogen-bond donors (Lipinski definition) is 4. The number of anilines is 1. The Morgan fingerprint density at radius 2 is 2.22 bits per heavy atom. The highest BCUT2D eigenvalue weighted by molar-refractivity contribution is 6.31. The number of amides is 2. The number of aliphatic hydroxyl groups excluding tert-OH is 1. The van der Waals surface area contributed by atoms with Crippen LogP contribution in [0.25, 0.3) is 0 Å².